The molecule has 23 nitrogen and oxygen atoms in total. The van der Waals surface area contributed by atoms with E-state index in [4.69, 9.17) is 23.8 Å². The number of esters is 1. The van der Waals surface area contributed by atoms with Crippen molar-refractivity contribution in [2.24, 2.45) is 0 Å². The van der Waals surface area contributed by atoms with E-state index in [9.17, 15) is 64.2 Å². The molecule has 322 valence electrons. The molecule has 2 heterocycles. The summed E-state index contributed by atoms with van der Waals surface area (Å²) in [5.74, 6) is -6.78. The Bertz CT molecular complexity index is 1630. The summed E-state index contributed by atoms with van der Waals surface area (Å²) in [4.78, 5) is 89.7. The van der Waals surface area contributed by atoms with Gasteiger partial charge in [0.2, 0.25) is 18.1 Å². The number of carbonyl (C=O) groups excluding carboxylic acids is 6. The van der Waals surface area contributed by atoms with Gasteiger partial charge >= 0.3 is 17.9 Å². The van der Waals surface area contributed by atoms with Gasteiger partial charge in [0.05, 0.1) is 18.2 Å². The van der Waals surface area contributed by atoms with Crippen molar-refractivity contribution in [3.63, 3.8) is 0 Å². The standard InChI is InChI=1S/C35H49N5O18/c1-18(41)55-17-19-6-7-22(56-35-31(50)29(48)30(49)32(57-35)34(52)53)21(15-19)39-24(43)10-13-37-33(51)20(5-3-4-12-36-23(42)11-14-54-2)38-25(44)16-28(47)58-40-26(45)8-9-27(40)46/h6-9,15,20,23,25,29-32,35-36,38,42,44,48-50H,3-5,10-14,16-17H2,1-2H3,(H,37,51)(H,39,43)(H,52,53)/t20-,23+,25+,29-,30-,31+,32-,35+/m0/s1. The van der Waals surface area contributed by atoms with Gasteiger partial charge in [-0.1, -0.05) is 17.6 Å². The Morgan fingerprint density at radius 1 is 0.931 bits per heavy atom. The van der Waals surface area contributed by atoms with Crippen molar-refractivity contribution < 1.29 is 88.0 Å². The summed E-state index contributed by atoms with van der Waals surface area (Å²) < 4.78 is 20.7. The van der Waals surface area contributed by atoms with Gasteiger partial charge in [0.25, 0.3) is 11.8 Å². The molecule has 0 spiro atoms. The van der Waals surface area contributed by atoms with E-state index in [0.717, 1.165) is 12.2 Å². The maximum atomic E-state index is 13.3. The molecule has 0 aromatic heterocycles. The first-order chi connectivity index (χ1) is 27.5. The molecule has 0 bridgehead atoms. The lowest BCUT2D eigenvalue weighted by Crippen LogP contribution is -2.61. The first-order valence-corrected chi connectivity index (χ1v) is 18.0. The number of nitrogens with one attached hydrogen (secondary N) is 4. The number of aliphatic hydroxyl groups excluding tert-OH is 5. The van der Waals surface area contributed by atoms with Crippen molar-refractivity contribution in [1.29, 1.82) is 0 Å². The minimum absolute atomic E-state index is 0.0760. The molecular formula is C35H49N5O18. The number of hydrogen-bond donors (Lipinski definition) is 10. The Morgan fingerprint density at radius 3 is 2.29 bits per heavy atom. The van der Waals surface area contributed by atoms with E-state index >= 15 is 0 Å². The predicted octanol–water partition coefficient (Wildman–Crippen LogP) is -3.37. The highest BCUT2D eigenvalue weighted by Gasteiger charge is 2.48. The Labute approximate surface area is 331 Å². The number of carboxylic acids is 1. The topological polar surface area (TPSA) is 338 Å². The number of aliphatic hydroxyl groups is 5. The maximum absolute atomic E-state index is 13.3. The third-order valence-corrected chi connectivity index (χ3v) is 8.39. The number of methoxy groups -OCH3 is 1. The number of rotatable bonds is 24. The average Bonchev–Trinajstić information content (AvgIpc) is 3.48. The minimum atomic E-state index is -1.99. The van der Waals surface area contributed by atoms with Crippen molar-refractivity contribution in [1.82, 2.24) is 21.0 Å². The fourth-order valence-electron chi connectivity index (χ4n) is 5.39. The Kier molecular flexibility index (Phi) is 19.0. The normalized spacial score (nSPS) is 21.8. The van der Waals surface area contributed by atoms with E-state index < -0.39 is 97.2 Å². The van der Waals surface area contributed by atoms with Crippen molar-refractivity contribution in [3.05, 3.63) is 35.9 Å². The molecule has 1 saturated heterocycles. The molecule has 23 heteroatoms. The molecule has 0 radical (unpaired) electrons. The second-order valence-electron chi connectivity index (χ2n) is 13.0. The van der Waals surface area contributed by atoms with Crippen LogP contribution in [0.3, 0.4) is 0 Å². The lowest BCUT2D eigenvalue weighted by molar-refractivity contribution is -0.271. The number of carboxylic acid groups (broad SMARTS) is 1. The fourth-order valence-corrected chi connectivity index (χ4v) is 5.39. The molecule has 10 N–H and O–H groups in total. The number of benzene rings is 1. The second kappa shape index (κ2) is 23.3. The third-order valence-electron chi connectivity index (χ3n) is 8.39. The molecule has 58 heavy (non-hydrogen) atoms. The Balaban J connectivity index is 1.64. The first-order valence-electron chi connectivity index (χ1n) is 18.0. The summed E-state index contributed by atoms with van der Waals surface area (Å²) in [6.07, 6.45) is -10.2. The van der Waals surface area contributed by atoms with Gasteiger partial charge in [-0.15, -0.1) is 0 Å². The monoisotopic (exact) mass is 827 g/mol. The van der Waals surface area contributed by atoms with Gasteiger partial charge in [-0.3, -0.25) is 34.6 Å². The minimum Gasteiger partial charge on any atom is -0.479 e. The quantitative estimate of drug-likeness (QED) is 0.0210. The van der Waals surface area contributed by atoms with Gasteiger partial charge in [0.15, 0.2) is 6.10 Å². The number of hydroxylamine groups is 2. The second-order valence-corrected chi connectivity index (χ2v) is 13.0. The number of anilines is 1. The number of aliphatic carboxylic acids is 1. The van der Waals surface area contributed by atoms with Crippen LogP contribution in [0.15, 0.2) is 30.4 Å². The summed E-state index contributed by atoms with van der Waals surface area (Å²) in [6, 6.07) is 2.91. The van der Waals surface area contributed by atoms with Crippen LogP contribution in [0, 0.1) is 0 Å². The molecule has 1 aromatic carbocycles. The van der Waals surface area contributed by atoms with E-state index in [1.54, 1.807) is 0 Å². The molecule has 0 saturated carbocycles. The van der Waals surface area contributed by atoms with Crippen LogP contribution >= 0.6 is 0 Å². The zero-order valence-corrected chi connectivity index (χ0v) is 31.6. The van der Waals surface area contributed by atoms with E-state index in [1.807, 2.05) is 0 Å². The summed E-state index contributed by atoms with van der Waals surface area (Å²) in [7, 11) is 1.50. The molecule has 0 aliphatic carbocycles. The van der Waals surface area contributed by atoms with Crippen molar-refractivity contribution in [2.75, 3.05) is 32.1 Å². The SMILES string of the molecule is COCC[C@@H](O)NCCCC[C@H](N[C@H](O)CC(=O)ON1C(=O)C=CC1=O)C(=O)NCCC(=O)Nc1cc(COC(C)=O)ccc1O[C@@H]1O[C@H](C(=O)O)[C@@H](O)[C@H](O)[C@H]1O. The number of nitrogens with zero attached hydrogens (tertiary/aromatic N) is 1. The van der Waals surface area contributed by atoms with Crippen molar-refractivity contribution in [2.45, 2.75) is 101 Å². The third kappa shape index (κ3) is 15.0. The van der Waals surface area contributed by atoms with Crippen LogP contribution < -0.4 is 26.0 Å². The lowest BCUT2D eigenvalue weighted by atomic mass is 9.99. The van der Waals surface area contributed by atoms with Gasteiger partial charge in [-0.05, 0) is 37.1 Å². The summed E-state index contributed by atoms with van der Waals surface area (Å²) in [6.45, 7) is 1.38. The van der Waals surface area contributed by atoms with Crippen molar-refractivity contribution in [3.8, 4) is 5.75 Å². The molecule has 0 unspecified atom stereocenters. The van der Waals surface area contributed by atoms with Gasteiger partial charge in [0, 0.05) is 52.2 Å². The molecule has 1 aromatic rings. The van der Waals surface area contributed by atoms with E-state index in [2.05, 4.69) is 21.3 Å². The Hall–Kier alpha value is -5.11. The molecule has 3 rings (SSSR count). The maximum Gasteiger partial charge on any atom is 0.337 e. The highest BCUT2D eigenvalue weighted by molar-refractivity contribution is 6.12. The number of hydrogen-bond acceptors (Lipinski definition) is 19. The number of imide groups is 1. The van der Waals surface area contributed by atoms with E-state index in [1.165, 1.54) is 32.2 Å². The molecule has 2 aliphatic heterocycles. The van der Waals surface area contributed by atoms with Crippen molar-refractivity contribution >= 4 is 47.2 Å². The van der Waals surface area contributed by atoms with Gasteiger partial charge < -0.3 is 65.1 Å². The van der Waals surface area contributed by atoms with Crippen LogP contribution in [0.5, 0.6) is 5.75 Å². The summed E-state index contributed by atoms with van der Waals surface area (Å²) >= 11 is 0. The van der Waals surface area contributed by atoms with Crippen LogP contribution in [0.4, 0.5) is 5.69 Å². The van der Waals surface area contributed by atoms with Crippen LogP contribution in [-0.2, 0) is 59.2 Å². The van der Waals surface area contributed by atoms with Crippen LogP contribution in [0.1, 0.15) is 51.0 Å². The molecule has 1 fully saturated rings. The largest absolute Gasteiger partial charge is 0.479 e. The summed E-state index contributed by atoms with van der Waals surface area (Å²) in [5, 5.41) is 71.3. The van der Waals surface area contributed by atoms with Gasteiger partial charge in [-0.2, -0.15) is 0 Å². The zero-order valence-electron chi connectivity index (χ0n) is 31.6. The van der Waals surface area contributed by atoms with Gasteiger partial charge in [0.1, 0.15) is 43.1 Å². The Morgan fingerprint density at radius 2 is 1.64 bits per heavy atom. The van der Waals surface area contributed by atoms with E-state index in [-0.39, 0.29) is 42.5 Å². The fraction of sp³-hybridized carbons (Fsp3) is 0.571. The van der Waals surface area contributed by atoms with E-state index in [0.29, 0.717) is 38.0 Å². The molecule has 8 atom stereocenters. The highest BCUT2D eigenvalue weighted by atomic mass is 16.7. The van der Waals surface area contributed by atoms with Gasteiger partial charge in [-0.25, -0.2) is 9.59 Å². The number of unbranched alkanes of at least 4 members (excludes halogenated alkanes) is 1. The average molecular weight is 828 g/mol. The van der Waals surface area contributed by atoms with Crippen LogP contribution in [0.25, 0.3) is 0 Å². The first kappa shape index (κ1) is 47.3. The van der Waals surface area contributed by atoms with Crippen LogP contribution in [-0.4, -0.2) is 153 Å². The number of carbonyl (C=O) groups is 7. The summed E-state index contributed by atoms with van der Waals surface area (Å²) in [5.41, 5.74) is 0.286. The lowest BCUT2D eigenvalue weighted by Gasteiger charge is -2.38. The molecular weight excluding hydrogens is 778 g/mol. The van der Waals surface area contributed by atoms with Crippen LogP contribution in [0.2, 0.25) is 0 Å². The smallest absolute Gasteiger partial charge is 0.337 e. The molecule has 4 amide bonds. The zero-order chi connectivity index (χ0) is 42.9. The molecule has 2 aliphatic rings. The number of ether oxygens (including phenoxy) is 4. The predicted molar refractivity (Wildman–Crippen MR) is 192 cm³/mol. The highest BCUT2D eigenvalue weighted by Crippen LogP contribution is 2.31. The number of amides is 4.